The summed E-state index contributed by atoms with van der Waals surface area (Å²) in [7, 11) is 1.79. The molecule has 3 aromatic rings. The molecule has 1 aliphatic rings. The predicted octanol–water partition coefficient (Wildman–Crippen LogP) is 5.49. The highest BCUT2D eigenvalue weighted by Gasteiger charge is 2.34. The molecule has 204 valence electrons. The molecular formula is C25H23ClF3N7O2S. The quantitative estimate of drug-likeness (QED) is 0.402. The molecular weight excluding hydrogens is 555 g/mol. The smallest absolute Gasteiger partial charge is 0.343 e. The number of allylic oxidation sites excluding steroid dienone is 2. The molecule has 2 amide bonds. The van der Waals surface area contributed by atoms with E-state index in [1.807, 2.05) is 12.3 Å². The number of amides is 2. The van der Waals surface area contributed by atoms with Gasteiger partial charge in [0.2, 0.25) is 5.91 Å². The molecule has 39 heavy (non-hydrogen) atoms. The zero-order chi connectivity index (χ0) is 28.2. The lowest BCUT2D eigenvalue weighted by molar-refractivity contribution is -0.137. The summed E-state index contributed by atoms with van der Waals surface area (Å²) in [5.74, 6) is -1.29. The van der Waals surface area contributed by atoms with E-state index < -0.39 is 28.7 Å². The van der Waals surface area contributed by atoms with E-state index in [2.05, 4.69) is 30.7 Å². The van der Waals surface area contributed by atoms with Crippen LogP contribution >= 0.6 is 22.9 Å². The molecule has 0 fully saturated rings. The topological polar surface area (TPSA) is 114 Å². The first kappa shape index (κ1) is 28.2. The summed E-state index contributed by atoms with van der Waals surface area (Å²) >= 11 is 6.58. The molecule has 0 radical (unpaired) electrons. The first-order valence-corrected chi connectivity index (χ1v) is 12.9. The number of nitrogens with one attached hydrogen (secondary N) is 2. The van der Waals surface area contributed by atoms with Gasteiger partial charge in [0.25, 0.3) is 5.91 Å². The van der Waals surface area contributed by atoms with Crippen LogP contribution in [0.2, 0.25) is 5.02 Å². The maximum absolute atomic E-state index is 13.2. The number of nitrogens with zero attached hydrogens (tertiary/aromatic N) is 5. The van der Waals surface area contributed by atoms with E-state index in [1.54, 1.807) is 37.1 Å². The lowest BCUT2D eigenvalue weighted by atomic mass is 10.0. The van der Waals surface area contributed by atoms with Crippen molar-refractivity contribution in [1.29, 1.82) is 0 Å². The van der Waals surface area contributed by atoms with Gasteiger partial charge in [0.05, 0.1) is 34.7 Å². The van der Waals surface area contributed by atoms with Crippen molar-refractivity contribution in [2.45, 2.75) is 38.4 Å². The van der Waals surface area contributed by atoms with Crippen LogP contribution in [0.5, 0.6) is 0 Å². The van der Waals surface area contributed by atoms with Crippen molar-refractivity contribution >= 4 is 46.3 Å². The number of aryl methyl sites for hydroxylation is 1. The minimum absolute atomic E-state index is 0.134. The Morgan fingerprint density at radius 2 is 1.97 bits per heavy atom. The van der Waals surface area contributed by atoms with Crippen LogP contribution < -0.4 is 10.6 Å². The van der Waals surface area contributed by atoms with Gasteiger partial charge in [-0.1, -0.05) is 17.7 Å². The summed E-state index contributed by atoms with van der Waals surface area (Å²) in [6.45, 7) is 1.72. The van der Waals surface area contributed by atoms with E-state index in [-0.39, 0.29) is 16.6 Å². The summed E-state index contributed by atoms with van der Waals surface area (Å²) in [5, 5.41) is 9.27. The third-order valence-corrected chi connectivity index (χ3v) is 7.09. The van der Waals surface area contributed by atoms with Crippen molar-refractivity contribution < 1.29 is 22.8 Å². The minimum atomic E-state index is -4.70. The molecule has 4 heterocycles. The average Bonchev–Trinajstić information content (AvgIpc) is 3.55. The summed E-state index contributed by atoms with van der Waals surface area (Å²) < 4.78 is 41.0. The number of halogens is 4. The van der Waals surface area contributed by atoms with Gasteiger partial charge in [-0.25, -0.2) is 9.97 Å². The molecule has 0 aliphatic carbocycles. The molecule has 1 aliphatic heterocycles. The monoisotopic (exact) mass is 577 g/mol. The first-order chi connectivity index (χ1) is 18.5. The predicted molar refractivity (Wildman–Crippen MR) is 142 cm³/mol. The average molecular weight is 578 g/mol. The van der Waals surface area contributed by atoms with Gasteiger partial charge in [-0.2, -0.15) is 18.3 Å². The highest BCUT2D eigenvalue weighted by atomic mass is 35.5. The van der Waals surface area contributed by atoms with Gasteiger partial charge in [0.1, 0.15) is 15.7 Å². The second-order valence-corrected chi connectivity index (χ2v) is 10.1. The maximum atomic E-state index is 13.2. The second-order valence-electron chi connectivity index (χ2n) is 8.62. The number of thiazole rings is 1. The third kappa shape index (κ3) is 7.18. The number of carbonyl (C=O) groups excluding carboxylic acids is 2. The van der Waals surface area contributed by atoms with Crippen LogP contribution in [0.4, 0.5) is 19.0 Å². The van der Waals surface area contributed by atoms with Crippen molar-refractivity contribution in [3.8, 4) is 0 Å². The molecule has 0 unspecified atom stereocenters. The van der Waals surface area contributed by atoms with Gasteiger partial charge < -0.3 is 10.6 Å². The van der Waals surface area contributed by atoms with Crippen molar-refractivity contribution in [3.63, 3.8) is 0 Å². The van der Waals surface area contributed by atoms with Crippen LogP contribution in [-0.2, 0) is 18.0 Å². The Kier molecular flexibility index (Phi) is 8.60. The Morgan fingerprint density at radius 1 is 1.18 bits per heavy atom. The van der Waals surface area contributed by atoms with Crippen molar-refractivity contribution in [1.82, 2.24) is 25.1 Å². The second kappa shape index (κ2) is 11.9. The summed E-state index contributed by atoms with van der Waals surface area (Å²) in [6.07, 6.45) is 8.35. The number of pyridine rings is 1. The Labute approximate surface area is 230 Å². The van der Waals surface area contributed by atoms with Gasteiger partial charge in [-0.15, -0.1) is 11.3 Å². The van der Waals surface area contributed by atoms with Gasteiger partial charge in [-0.3, -0.25) is 19.3 Å². The molecule has 3 aromatic heterocycles. The van der Waals surface area contributed by atoms with Crippen molar-refractivity contribution in [2.24, 2.45) is 12.0 Å². The largest absolute Gasteiger partial charge is 0.418 e. The summed E-state index contributed by atoms with van der Waals surface area (Å²) in [5.41, 5.74) is 0.812. The van der Waals surface area contributed by atoms with E-state index in [4.69, 9.17) is 11.6 Å². The highest BCUT2D eigenvalue weighted by molar-refractivity contribution is 7.13. The number of rotatable bonds is 6. The van der Waals surface area contributed by atoms with Crippen LogP contribution in [0.3, 0.4) is 0 Å². The number of carbonyl (C=O) groups is 2. The van der Waals surface area contributed by atoms with E-state index in [0.29, 0.717) is 28.8 Å². The molecule has 0 spiro atoms. The van der Waals surface area contributed by atoms with Gasteiger partial charge in [0, 0.05) is 36.8 Å². The molecule has 0 aromatic carbocycles. The molecule has 0 saturated carbocycles. The van der Waals surface area contributed by atoms with Crippen LogP contribution in [0.25, 0.3) is 0 Å². The Bertz CT molecular complexity index is 1480. The van der Waals surface area contributed by atoms with Crippen LogP contribution in [0.1, 0.15) is 58.0 Å². The summed E-state index contributed by atoms with van der Waals surface area (Å²) in [4.78, 5) is 38.4. The zero-order valence-corrected chi connectivity index (χ0v) is 22.4. The molecule has 9 nitrogen and oxygen atoms in total. The maximum Gasteiger partial charge on any atom is 0.418 e. The number of aromatic nitrogens is 4. The van der Waals surface area contributed by atoms with E-state index in [9.17, 15) is 22.8 Å². The normalized spacial score (nSPS) is 18.4. The molecule has 4 rings (SSSR count). The summed E-state index contributed by atoms with van der Waals surface area (Å²) in [6, 6.07) is 0.120. The zero-order valence-electron chi connectivity index (χ0n) is 20.8. The van der Waals surface area contributed by atoms with Gasteiger partial charge in [0.15, 0.2) is 0 Å². The number of hydrogen-bond acceptors (Lipinski definition) is 7. The number of aliphatic imine (C=N–C) groups is 1. The number of hydrogen-bond donors (Lipinski definition) is 2. The van der Waals surface area contributed by atoms with Gasteiger partial charge >= 0.3 is 6.18 Å². The Morgan fingerprint density at radius 3 is 2.69 bits per heavy atom. The number of alkyl halides is 3. The van der Waals surface area contributed by atoms with Crippen molar-refractivity contribution in [3.05, 3.63) is 80.8 Å². The molecule has 2 N–H and O–H groups in total. The van der Waals surface area contributed by atoms with Crippen molar-refractivity contribution in [2.75, 3.05) is 5.32 Å². The molecule has 14 heteroatoms. The molecule has 0 bridgehead atoms. The van der Waals surface area contributed by atoms with E-state index in [0.717, 1.165) is 35.9 Å². The number of anilines is 1. The Balaban J connectivity index is 1.45. The fourth-order valence-electron chi connectivity index (χ4n) is 3.63. The van der Waals surface area contributed by atoms with Gasteiger partial charge in [-0.05, 0) is 38.3 Å². The fourth-order valence-corrected chi connectivity index (χ4v) is 4.65. The minimum Gasteiger partial charge on any atom is -0.343 e. The standard InChI is InChI=1S/C25H23ClF3N7O2S/c1-14(34-22(37)15-6-4-3-5-7-30-19(8-15)16-10-33-36(2)13-16)24-32-12-20(39-24)23(38)35-21-9-17(25(27,28)29)18(26)11-31-21/h5,7-14H,3-4,6H2,1-2H3,(H,34,37)(H,31,35,38)/b7-5-,15-8+,30-19+/t14-/m1/s1. The highest BCUT2D eigenvalue weighted by Crippen LogP contribution is 2.35. The molecule has 1 atom stereocenters. The van der Waals surface area contributed by atoms with E-state index >= 15 is 0 Å². The van der Waals surface area contributed by atoms with Crippen LogP contribution in [0.15, 0.2) is 59.8 Å². The first-order valence-electron chi connectivity index (χ1n) is 11.7. The molecule has 0 saturated heterocycles. The fraction of sp³-hybridized carbons (Fsp3) is 0.280. The van der Waals surface area contributed by atoms with E-state index in [1.165, 1.54) is 6.20 Å². The Hall–Kier alpha value is -3.84. The van der Waals surface area contributed by atoms with Crippen LogP contribution in [0, 0.1) is 0 Å². The van der Waals surface area contributed by atoms with Crippen LogP contribution in [-0.4, -0.2) is 37.3 Å². The lowest BCUT2D eigenvalue weighted by Crippen LogP contribution is -2.28. The third-order valence-electron chi connectivity index (χ3n) is 5.61. The SMILES string of the molecule is C[C@@H](NC(=O)/C1=C/C(c2cnn(C)c2)=N\C=C/CCC1)c1ncc(C(=O)Nc2cc(C(F)(F)F)c(Cl)cn2)s1. The lowest BCUT2D eigenvalue weighted by Gasteiger charge is -2.14.